The van der Waals surface area contributed by atoms with E-state index in [1.807, 2.05) is 21.0 Å². The maximum absolute atomic E-state index is 11.4. The Morgan fingerprint density at radius 3 is 1.64 bits per heavy atom. The number of amides is 1. The molecule has 2 atom stereocenters. The Labute approximate surface area is 135 Å². The minimum atomic E-state index is -0.646. The third kappa shape index (κ3) is 6.37. The number of carboxylic acid groups (broad SMARTS) is 1. The molecule has 2 unspecified atom stereocenters. The van der Waals surface area contributed by atoms with E-state index in [-0.39, 0.29) is 17.7 Å². The number of rotatable bonds is 6. The van der Waals surface area contributed by atoms with Gasteiger partial charge in [-0.3, -0.25) is 9.59 Å². The van der Waals surface area contributed by atoms with Crippen LogP contribution in [0.25, 0.3) is 0 Å². The lowest BCUT2D eigenvalue weighted by atomic mass is 9.79. The molecular weight excluding hydrogens is 278 g/mol. The van der Waals surface area contributed by atoms with E-state index in [1.165, 1.54) is 38.5 Å². The summed E-state index contributed by atoms with van der Waals surface area (Å²) in [5, 5.41) is 8.55. The van der Waals surface area contributed by atoms with Gasteiger partial charge in [0.1, 0.15) is 0 Å². The van der Waals surface area contributed by atoms with Crippen molar-refractivity contribution in [2.45, 2.75) is 65.2 Å². The van der Waals surface area contributed by atoms with Crippen LogP contribution in [-0.4, -0.2) is 36.0 Å². The fourth-order valence-corrected chi connectivity index (χ4v) is 3.10. The molecule has 0 heterocycles. The molecule has 1 amide bonds. The van der Waals surface area contributed by atoms with E-state index in [0.29, 0.717) is 5.92 Å². The largest absolute Gasteiger partial charge is 0.481 e. The molecule has 2 fully saturated rings. The van der Waals surface area contributed by atoms with Crippen molar-refractivity contribution < 1.29 is 14.7 Å². The smallest absolute Gasteiger partial charge is 0.306 e. The van der Waals surface area contributed by atoms with Gasteiger partial charge in [-0.1, -0.05) is 52.4 Å². The van der Waals surface area contributed by atoms with Crippen LogP contribution in [0.2, 0.25) is 0 Å². The Hall–Kier alpha value is -1.06. The molecule has 22 heavy (non-hydrogen) atoms. The van der Waals surface area contributed by atoms with Crippen LogP contribution in [0, 0.1) is 23.7 Å². The Bertz CT molecular complexity index is 359. The Kier molecular flexibility index (Phi) is 7.91. The van der Waals surface area contributed by atoms with Crippen LogP contribution in [0.1, 0.15) is 65.2 Å². The molecule has 2 aliphatic rings. The molecule has 0 aliphatic heterocycles. The van der Waals surface area contributed by atoms with E-state index in [9.17, 15) is 9.59 Å². The zero-order valence-electron chi connectivity index (χ0n) is 14.7. The van der Waals surface area contributed by atoms with E-state index < -0.39 is 5.97 Å². The summed E-state index contributed by atoms with van der Waals surface area (Å²) in [5.74, 6) is 1.28. The summed E-state index contributed by atoms with van der Waals surface area (Å²) >= 11 is 0. The van der Waals surface area contributed by atoms with Crippen molar-refractivity contribution in [3.8, 4) is 0 Å². The normalized spacial score (nSPS) is 20.7. The first-order valence-corrected chi connectivity index (χ1v) is 8.75. The van der Waals surface area contributed by atoms with E-state index in [1.54, 1.807) is 11.8 Å². The molecule has 0 aromatic carbocycles. The Balaban J connectivity index is 0.000000224. The maximum atomic E-state index is 11.4. The molecule has 0 spiro atoms. The number of nitrogens with zero attached hydrogens (tertiary/aromatic N) is 1. The lowest BCUT2D eigenvalue weighted by Gasteiger charge is -2.28. The highest BCUT2D eigenvalue weighted by Crippen LogP contribution is 2.32. The number of carbonyl (C=O) groups excluding carboxylic acids is 1. The van der Waals surface area contributed by atoms with Gasteiger partial charge in [-0.15, -0.1) is 0 Å². The zero-order chi connectivity index (χ0) is 16.7. The van der Waals surface area contributed by atoms with Crippen LogP contribution in [0.4, 0.5) is 0 Å². The quantitative estimate of drug-likeness (QED) is 0.811. The van der Waals surface area contributed by atoms with E-state index in [4.69, 9.17) is 5.11 Å². The van der Waals surface area contributed by atoms with Gasteiger partial charge in [0, 0.05) is 20.0 Å². The number of hydrogen-bond donors (Lipinski definition) is 1. The van der Waals surface area contributed by atoms with Crippen molar-refractivity contribution in [1.82, 2.24) is 4.90 Å². The zero-order valence-corrected chi connectivity index (χ0v) is 14.7. The van der Waals surface area contributed by atoms with Crippen molar-refractivity contribution >= 4 is 11.9 Å². The minimum absolute atomic E-state index is 0.134. The average molecular weight is 311 g/mol. The van der Waals surface area contributed by atoms with Crippen molar-refractivity contribution in [2.75, 3.05) is 14.1 Å². The molecule has 1 N–H and O–H groups in total. The molecule has 0 aromatic rings. The van der Waals surface area contributed by atoms with Crippen LogP contribution >= 0.6 is 0 Å². The van der Waals surface area contributed by atoms with Crippen molar-refractivity contribution in [2.24, 2.45) is 23.7 Å². The summed E-state index contributed by atoms with van der Waals surface area (Å²) in [6.07, 6.45) is 9.82. The summed E-state index contributed by atoms with van der Waals surface area (Å²) in [6, 6.07) is 0. The summed E-state index contributed by atoms with van der Waals surface area (Å²) < 4.78 is 0. The highest BCUT2D eigenvalue weighted by atomic mass is 16.4. The van der Waals surface area contributed by atoms with Crippen molar-refractivity contribution in [3.05, 3.63) is 0 Å². The number of aliphatic carboxylic acids is 1. The van der Waals surface area contributed by atoms with Crippen molar-refractivity contribution in [1.29, 1.82) is 0 Å². The summed E-state index contributed by atoms with van der Waals surface area (Å²) in [5.41, 5.74) is 0. The molecule has 4 nitrogen and oxygen atoms in total. The highest BCUT2D eigenvalue weighted by molar-refractivity contribution is 5.77. The van der Waals surface area contributed by atoms with Crippen molar-refractivity contribution in [3.63, 3.8) is 0 Å². The van der Waals surface area contributed by atoms with Gasteiger partial charge in [0.15, 0.2) is 0 Å². The van der Waals surface area contributed by atoms with Crippen LogP contribution < -0.4 is 0 Å². The lowest BCUT2D eigenvalue weighted by molar-refractivity contribution is -0.142. The Morgan fingerprint density at radius 2 is 1.36 bits per heavy atom. The molecule has 2 rings (SSSR count). The minimum Gasteiger partial charge on any atom is -0.481 e. The summed E-state index contributed by atoms with van der Waals surface area (Å²) in [6.45, 7) is 3.83. The van der Waals surface area contributed by atoms with E-state index in [2.05, 4.69) is 0 Å². The second-order valence-electron chi connectivity index (χ2n) is 7.44. The third-order valence-electron chi connectivity index (χ3n) is 5.11. The molecule has 2 saturated carbocycles. The molecule has 0 saturated heterocycles. The van der Waals surface area contributed by atoms with Crippen LogP contribution in [0.3, 0.4) is 0 Å². The Morgan fingerprint density at radius 1 is 0.955 bits per heavy atom. The lowest BCUT2D eigenvalue weighted by Crippen LogP contribution is -2.30. The van der Waals surface area contributed by atoms with Gasteiger partial charge in [-0.05, 0) is 24.7 Å². The second kappa shape index (κ2) is 9.16. The first-order chi connectivity index (χ1) is 10.3. The average Bonchev–Trinajstić information content (AvgIpc) is 2.37. The van der Waals surface area contributed by atoms with Crippen LogP contribution in [0.15, 0.2) is 0 Å². The third-order valence-corrected chi connectivity index (χ3v) is 5.11. The van der Waals surface area contributed by atoms with Gasteiger partial charge in [0.05, 0.1) is 5.92 Å². The van der Waals surface area contributed by atoms with E-state index in [0.717, 1.165) is 18.8 Å². The summed E-state index contributed by atoms with van der Waals surface area (Å²) in [4.78, 5) is 23.5. The first kappa shape index (κ1) is 19.0. The van der Waals surface area contributed by atoms with Gasteiger partial charge < -0.3 is 10.0 Å². The number of carboxylic acids is 1. The van der Waals surface area contributed by atoms with Crippen LogP contribution in [-0.2, 0) is 9.59 Å². The van der Waals surface area contributed by atoms with Gasteiger partial charge in [0.2, 0.25) is 5.91 Å². The molecule has 0 bridgehead atoms. The van der Waals surface area contributed by atoms with Crippen LogP contribution in [0.5, 0.6) is 0 Å². The molecular formula is C18H33NO3. The SMILES string of the molecule is CC(CC1CCC1)C(=O)N(C)C.CC(CC1CCC1)C(=O)O. The molecule has 4 heteroatoms. The summed E-state index contributed by atoms with van der Waals surface area (Å²) in [7, 11) is 3.67. The number of hydrogen-bond acceptors (Lipinski definition) is 2. The van der Waals surface area contributed by atoms with Gasteiger partial charge in [-0.2, -0.15) is 0 Å². The van der Waals surface area contributed by atoms with Gasteiger partial charge in [0.25, 0.3) is 0 Å². The van der Waals surface area contributed by atoms with Gasteiger partial charge >= 0.3 is 5.97 Å². The van der Waals surface area contributed by atoms with E-state index >= 15 is 0 Å². The molecule has 2 aliphatic carbocycles. The maximum Gasteiger partial charge on any atom is 0.306 e. The first-order valence-electron chi connectivity index (χ1n) is 8.75. The monoisotopic (exact) mass is 311 g/mol. The second-order valence-corrected chi connectivity index (χ2v) is 7.44. The predicted molar refractivity (Wildman–Crippen MR) is 88.6 cm³/mol. The standard InChI is InChI=1S/C10H19NO.C8H14O2/c1-8(10(12)11(2)3)7-9-5-4-6-9;1-6(8(9)10)5-7-3-2-4-7/h8-9H,4-7H2,1-3H3;6-7H,2-5H2,1H3,(H,9,10). The number of carbonyl (C=O) groups is 2. The molecule has 0 aromatic heterocycles. The fourth-order valence-electron chi connectivity index (χ4n) is 3.10. The predicted octanol–water partition coefficient (Wildman–Crippen LogP) is 3.80. The fraction of sp³-hybridized carbons (Fsp3) is 0.889. The van der Waals surface area contributed by atoms with Gasteiger partial charge in [-0.25, -0.2) is 0 Å². The topological polar surface area (TPSA) is 57.6 Å². The molecule has 0 radical (unpaired) electrons. The molecule has 128 valence electrons. The highest BCUT2D eigenvalue weighted by Gasteiger charge is 2.24.